The van der Waals surface area contributed by atoms with Crippen LogP contribution >= 0.6 is 0 Å². The zero-order chi connectivity index (χ0) is 20.6. The van der Waals surface area contributed by atoms with Gasteiger partial charge in [-0.15, -0.1) is 0 Å². The third-order valence-electron chi connectivity index (χ3n) is 4.42. The van der Waals surface area contributed by atoms with Crippen LogP contribution in [0, 0.1) is 0 Å². The smallest absolute Gasteiger partial charge is 0.247 e. The van der Waals surface area contributed by atoms with Crippen molar-refractivity contribution in [2.75, 3.05) is 13.1 Å². The van der Waals surface area contributed by atoms with Crippen LogP contribution in [0.3, 0.4) is 0 Å². The monoisotopic (exact) mass is 378 g/mol. The van der Waals surface area contributed by atoms with Crippen LogP contribution in [0.25, 0.3) is 0 Å². The Morgan fingerprint density at radius 3 is 1.78 bits per heavy atom. The van der Waals surface area contributed by atoms with Crippen LogP contribution in [0.1, 0.15) is 46.5 Å². The molecule has 0 spiro atoms. The van der Waals surface area contributed by atoms with E-state index in [9.17, 15) is 19.2 Å². The largest absolute Gasteiger partial charge is 0.333 e. The average molecular weight is 378 g/mol. The highest BCUT2D eigenvalue weighted by Crippen LogP contribution is 2.12. The van der Waals surface area contributed by atoms with Gasteiger partial charge >= 0.3 is 0 Å². The highest BCUT2D eigenvalue weighted by Gasteiger charge is 2.26. The summed E-state index contributed by atoms with van der Waals surface area (Å²) in [6.07, 6.45) is 3.70. The average Bonchev–Trinajstić information content (AvgIpc) is 3.23. The molecule has 0 radical (unpaired) electrons. The van der Waals surface area contributed by atoms with Gasteiger partial charge in [-0.25, -0.2) is 0 Å². The van der Waals surface area contributed by atoms with Crippen molar-refractivity contribution in [1.29, 1.82) is 0 Å². The first-order valence-corrected chi connectivity index (χ1v) is 9.15. The zero-order valence-corrected chi connectivity index (χ0v) is 16.4. The van der Waals surface area contributed by atoms with Gasteiger partial charge < -0.3 is 20.4 Å². The Hall–Kier alpha value is -2.64. The molecular weight excluding hydrogens is 348 g/mol. The molecule has 0 aliphatic carbocycles. The number of rotatable bonds is 6. The summed E-state index contributed by atoms with van der Waals surface area (Å²) in [5.41, 5.74) is 0.462. The van der Waals surface area contributed by atoms with E-state index < -0.39 is 0 Å². The summed E-state index contributed by atoms with van der Waals surface area (Å²) >= 11 is 0. The highest BCUT2D eigenvalue weighted by atomic mass is 16.2. The van der Waals surface area contributed by atoms with Crippen LogP contribution in [0.4, 0.5) is 0 Å². The molecule has 2 N–H and O–H groups in total. The molecule has 27 heavy (non-hydrogen) atoms. The lowest BCUT2D eigenvalue weighted by molar-refractivity contribution is -0.132. The molecule has 2 unspecified atom stereocenters. The fourth-order valence-electron chi connectivity index (χ4n) is 2.89. The molecule has 2 rings (SSSR count). The molecule has 0 aromatic heterocycles. The maximum atomic E-state index is 11.3. The van der Waals surface area contributed by atoms with E-state index in [1.807, 2.05) is 6.92 Å². The lowest BCUT2D eigenvalue weighted by Crippen LogP contribution is -2.46. The third kappa shape index (κ3) is 6.88. The second-order valence-corrected chi connectivity index (χ2v) is 6.70. The summed E-state index contributed by atoms with van der Waals surface area (Å²) in [7, 11) is 0. The van der Waals surface area contributed by atoms with Gasteiger partial charge in [0.1, 0.15) is 12.3 Å². The van der Waals surface area contributed by atoms with Gasteiger partial charge in [0.25, 0.3) is 0 Å². The Kier molecular flexibility index (Phi) is 8.71. The summed E-state index contributed by atoms with van der Waals surface area (Å²) in [5.74, 6) is -0.222. The summed E-state index contributed by atoms with van der Waals surface area (Å²) in [6.45, 7) is 13.6. The maximum absolute atomic E-state index is 11.3. The number of hydrogen-bond donors (Lipinski definition) is 2. The number of carbonyl (C=O) groups is 4. The number of nitrogens with one attached hydrogen (secondary N) is 2. The minimum absolute atomic E-state index is 0.108. The molecule has 2 atom stereocenters. The second-order valence-electron chi connectivity index (χ2n) is 6.70. The molecule has 2 aliphatic heterocycles. The molecule has 0 saturated carbocycles. The van der Waals surface area contributed by atoms with E-state index in [1.165, 1.54) is 6.08 Å². The second kappa shape index (κ2) is 10.5. The minimum atomic E-state index is -0.243. The summed E-state index contributed by atoms with van der Waals surface area (Å²) < 4.78 is 0. The van der Waals surface area contributed by atoms with E-state index in [-0.39, 0.29) is 36.0 Å². The van der Waals surface area contributed by atoms with Gasteiger partial charge in [0.05, 0.1) is 0 Å². The summed E-state index contributed by atoms with van der Waals surface area (Å²) in [5, 5.41) is 5.37. The molecule has 0 aromatic rings. The number of likely N-dealkylation sites (tertiary alicyclic amines) is 2. The molecule has 0 bridgehead atoms. The van der Waals surface area contributed by atoms with Crippen molar-refractivity contribution >= 4 is 23.6 Å². The van der Waals surface area contributed by atoms with Crippen molar-refractivity contribution < 1.29 is 19.2 Å². The predicted molar refractivity (Wildman–Crippen MR) is 102 cm³/mol. The number of amides is 4. The third-order valence-corrected chi connectivity index (χ3v) is 4.42. The van der Waals surface area contributed by atoms with Gasteiger partial charge in [-0.1, -0.05) is 13.2 Å². The van der Waals surface area contributed by atoms with Gasteiger partial charge in [0.15, 0.2) is 0 Å². The Labute approximate surface area is 160 Å². The van der Waals surface area contributed by atoms with Crippen LogP contribution < -0.4 is 10.6 Å². The standard InChI is InChI=1S/C10H16N2O2.C9H14N2O2/c1-7(2)10(14)11-8(3)12-6-4-5-9(12)13;1-3-8(12)10-7(2)11-6-4-5-9(11)13/h8H,1,4-6H2,2-3H3,(H,11,14);3,7H,1,4-6H2,2H3,(H,10,12). The fraction of sp³-hybridized carbons (Fsp3) is 0.579. The quantitative estimate of drug-likeness (QED) is 0.671. The number of hydrogen-bond acceptors (Lipinski definition) is 4. The SMILES string of the molecule is C=C(C)C(=O)NC(C)N1CCCC1=O.C=CC(=O)NC(C)N1CCCC1=O. The van der Waals surface area contributed by atoms with Crippen molar-refractivity contribution in [1.82, 2.24) is 20.4 Å². The molecule has 8 heteroatoms. The minimum Gasteiger partial charge on any atom is -0.333 e. The Balaban J connectivity index is 0.000000271. The van der Waals surface area contributed by atoms with Crippen LogP contribution in [-0.4, -0.2) is 58.8 Å². The first kappa shape index (κ1) is 22.4. The Bertz CT molecular complexity index is 617. The first-order valence-electron chi connectivity index (χ1n) is 9.15. The van der Waals surface area contributed by atoms with Gasteiger partial charge in [-0.2, -0.15) is 0 Å². The van der Waals surface area contributed by atoms with E-state index in [0.29, 0.717) is 18.4 Å². The van der Waals surface area contributed by atoms with Crippen molar-refractivity contribution in [2.45, 2.75) is 58.8 Å². The van der Waals surface area contributed by atoms with Gasteiger partial charge in [0.2, 0.25) is 23.6 Å². The fourth-order valence-corrected chi connectivity index (χ4v) is 2.89. The zero-order valence-electron chi connectivity index (χ0n) is 16.4. The van der Waals surface area contributed by atoms with E-state index in [4.69, 9.17) is 0 Å². The molecular formula is C19H30N4O4. The van der Waals surface area contributed by atoms with Gasteiger partial charge in [-0.05, 0) is 39.7 Å². The molecule has 8 nitrogen and oxygen atoms in total. The summed E-state index contributed by atoms with van der Waals surface area (Å²) in [4.78, 5) is 48.1. The lowest BCUT2D eigenvalue weighted by Gasteiger charge is -2.25. The van der Waals surface area contributed by atoms with Gasteiger partial charge in [0, 0.05) is 31.5 Å². The lowest BCUT2D eigenvalue weighted by atomic mass is 10.3. The van der Waals surface area contributed by atoms with Crippen molar-refractivity contribution in [3.8, 4) is 0 Å². The molecule has 2 aliphatic rings. The van der Waals surface area contributed by atoms with E-state index in [1.54, 1.807) is 23.6 Å². The van der Waals surface area contributed by atoms with E-state index >= 15 is 0 Å². The molecule has 2 fully saturated rings. The topological polar surface area (TPSA) is 98.8 Å². The number of carbonyl (C=O) groups excluding carboxylic acids is 4. The van der Waals surface area contributed by atoms with Crippen molar-refractivity contribution in [2.24, 2.45) is 0 Å². The van der Waals surface area contributed by atoms with Crippen molar-refractivity contribution in [3.63, 3.8) is 0 Å². The van der Waals surface area contributed by atoms with Gasteiger partial charge in [-0.3, -0.25) is 19.2 Å². The molecule has 150 valence electrons. The van der Waals surface area contributed by atoms with Crippen LogP contribution in [0.15, 0.2) is 24.8 Å². The maximum Gasteiger partial charge on any atom is 0.247 e. The van der Waals surface area contributed by atoms with Crippen LogP contribution in [0.5, 0.6) is 0 Å². The van der Waals surface area contributed by atoms with Crippen LogP contribution in [-0.2, 0) is 19.2 Å². The Morgan fingerprint density at radius 2 is 1.44 bits per heavy atom. The van der Waals surface area contributed by atoms with Crippen molar-refractivity contribution in [3.05, 3.63) is 24.8 Å². The highest BCUT2D eigenvalue weighted by molar-refractivity contribution is 5.92. The normalized spacial score (nSPS) is 18.3. The van der Waals surface area contributed by atoms with E-state index in [2.05, 4.69) is 23.8 Å². The molecule has 2 heterocycles. The first-order chi connectivity index (χ1) is 12.7. The number of nitrogens with zero attached hydrogens (tertiary/aromatic N) is 2. The summed E-state index contributed by atoms with van der Waals surface area (Å²) in [6, 6.07) is 0. The molecule has 4 amide bonds. The molecule has 2 saturated heterocycles. The van der Waals surface area contributed by atoms with Crippen LogP contribution in [0.2, 0.25) is 0 Å². The molecule has 0 aromatic carbocycles. The Morgan fingerprint density at radius 1 is 1.00 bits per heavy atom. The van der Waals surface area contributed by atoms with E-state index in [0.717, 1.165) is 25.9 Å². The predicted octanol–water partition coefficient (Wildman–Crippen LogP) is 0.904.